The number of hydrogen-bond acceptors (Lipinski definition) is 3. The van der Waals surface area contributed by atoms with E-state index < -0.39 is 0 Å². The molecule has 0 atom stereocenters. The highest BCUT2D eigenvalue weighted by atomic mass is 16.6. The summed E-state index contributed by atoms with van der Waals surface area (Å²) < 4.78 is 0. The largest absolute Gasteiger partial charge is 0.381 e. The lowest BCUT2D eigenvalue weighted by Crippen LogP contribution is -1.99. The van der Waals surface area contributed by atoms with Gasteiger partial charge < -0.3 is 5.32 Å². The van der Waals surface area contributed by atoms with E-state index in [1.807, 2.05) is 6.07 Å². The Kier molecular flexibility index (Phi) is 3.23. The predicted molar refractivity (Wildman–Crippen MR) is 56.5 cm³/mol. The van der Waals surface area contributed by atoms with Gasteiger partial charge in [0, 0.05) is 23.9 Å². The van der Waals surface area contributed by atoms with Crippen LogP contribution in [0.4, 0.5) is 11.4 Å². The molecule has 4 heteroatoms. The van der Waals surface area contributed by atoms with Gasteiger partial charge in [-0.25, -0.2) is 0 Å². The fraction of sp³-hybridized carbons (Fsp3) is 0.200. The third kappa shape index (κ3) is 2.32. The van der Waals surface area contributed by atoms with E-state index in [0.717, 1.165) is 5.69 Å². The topological polar surface area (TPSA) is 55.2 Å². The maximum Gasteiger partial charge on any atom is 0.274 e. The highest BCUT2D eigenvalue weighted by Crippen LogP contribution is 2.21. The predicted octanol–water partition coefficient (Wildman–Crippen LogP) is 2.50. The first-order chi connectivity index (χ1) is 6.65. The van der Waals surface area contributed by atoms with Crippen LogP contribution in [0, 0.1) is 17.0 Å². The van der Waals surface area contributed by atoms with Crippen LogP contribution in [0.15, 0.2) is 30.9 Å². The van der Waals surface area contributed by atoms with Crippen LogP contribution in [0.25, 0.3) is 0 Å². The molecule has 0 saturated heterocycles. The minimum Gasteiger partial charge on any atom is -0.381 e. The van der Waals surface area contributed by atoms with Crippen LogP contribution < -0.4 is 5.32 Å². The molecule has 1 rings (SSSR count). The summed E-state index contributed by atoms with van der Waals surface area (Å²) in [7, 11) is 0. The van der Waals surface area contributed by atoms with Crippen molar-refractivity contribution in [2.24, 2.45) is 0 Å². The van der Waals surface area contributed by atoms with E-state index in [0.29, 0.717) is 12.1 Å². The number of anilines is 1. The summed E-state index contributed by atoms with van der Waals surface area (Å²) in [5.74, 6) is 0. The number of nitrogens with zero attached hydrogens (tertiary/aromatic N) is 1. The van der Waals surface area contributed by atoms with Crippen molar-refractivity contribution in [3.05, 3.63) is 46.5 Å². The summed E-state index contributed by atoms with van der Waals surface area (Å²) >= 11 is 0. The molecule has 0 heterocycles. The molecule has 0 saturated carbocycles. The number of hydrogen-bond donors (Lipinski definition) is 1. The Bertz CT molecular complexity index is 361. The second kappa shape index (κ2) is 4.41. The van der Waals surface area contributed by atoms with Gasteiger partial charge in [-0.2, -0.15) is 0 Å². The zero-order valence-electron chi connectivity index (χ0n) is 7.99. The van der Waals surface area contributed by atoms with E-state index in [2.05, 4.69) is 11.9 Å². The van der Waals surface area contributed by atoms with Crippen LogP contribution in [0.3, 0.4) is 0 Å². The Hall–Kier alpha value is -1.84. The highest BCUT2D eigenvalue weighted by Gasteiger charge is 2.09. The molecule has 0 aromatic heterocycles. The Labute approximate surface area is 82.4 Å². The van der Waals surface area contributed by atoms with Crippen molar-refractivity contribution in [2.45, 2.75) is 6.92 Å². The lowest BCUT2D eigenvalue weighted by atomic mass is 10.2. The molecule has 0 amide bonds. The van der Waals surface area contributed by atoms with Crippen LogP contribution in [-0.4, -0.2) is 11.5 Å². The summed E-state index contributed by atoms with van der Waals surface area (Å²) in [4.78, 5) is 10.2. The zero-order valence-corrected chi connectivity index (χ0v) is 7.99. The highest BCUT2D eigenvalue weighted by molar-refractivity contribution is 5.55. The van der Waals surface area contributed by atoms with Gasteiger partial charge >= 0.3 is 0 Å². The second-order valence-electron chi connectivity index (χ2n) is 2.93. The third-order valence-electron chi connectivity index (χ3n) is 1.86. The van der Waals surface area contributed by atoms with Gasteiger partial charge in [0.05, 0.1) is 4.92 Å². The van der Waals surface area contributed by atoms with Gasteiger partial charge in [-0.15, -0.1) is 6.58 Å². The molecule has 14 heavy (non-hydrogen) atoms. The average molecular weight is 192 g/mol. The summed E-state index contributed by atoms with van der Waals surface area (Å²) in [6.07, 6.45) is 1.70. The maximum absolute atomic E-state index is 10.6. The molecule has 74 valence electrons. The van der Waals surface area contributed by atoms with Crippen molar-refractivity contribution < 1.29 is 4.92 Å². The first kappa shape index (κ1) is 10.2. The van der Waals surface area contributed by atoms with E-state index >= 15 is 0 Å². The minimum atomic E-state index is -0.381. The Morgan fingerprint density at radius 3 is 2.93 bits per heavy atom. The monoisotopic (exact) mass is 192 g/mol. The molecule has 0 fully saturated rings. The normalized spacial score (nSPS) is 9.50. The number of aryl methyl sites for hydroxylation is 1. The Morgan fingerprint density at radius 1 is 1.64 bits per heavy atom. The molecule has 1 N–H and O–H groups in total. The molecule has 4 nitrogen and oxygen atoms in total. The molecule has 0 aliphatic carbocycles. The zero-order chi connectivity index (χ0) is 10.6. The molecule has 0 aliphatic heterocycles. The van der Waals surface area contributed by atoms with Crippen molar-refractivity contribution in [3.8, 4) is 0 Å². The standard InChI is InChI=1S/C10H12N2O2/c1-3-6-11-9-5-4-8(2)10(7-9)12(13)14/h3-5,7,11H,1,6H2,2H3. The smallest absolute Gasteiger partial charge is 0.274 e. The van der Waals surface area contributed by atoms with E-state index in [4.69, 9.17) is 0 Å². The van der Waals surface area contributed by atoms with Crippen molar-refractivity contribution in [1.82, 2.24) is 0 Å². The van der Waals surface area contributed by atoms with E-state index in [1.54, 1.807) is 19.1 Å². The summed E-state index contributed by atoms with van der Waals surface area (Å²) in [6, 6.07) is 5.06. The van der Waals surface area contributed by atoms with Crippen molar-refractivity contribution in [1.29, 1.82) is 0 Å². The molecule has 1 aromatic carbocycles. The number of nitro benzene ring substituents is 1. The van der Waals surface area contributed by atoms with Gasteiger partial charge in [-0.05, 0) is 13.0 Å². The summed E-state index contributed by atoms with van der Waals surface area (Å²) in [6.45, 7) is 5.87. The third-order valence-corrected chi connectivity index (χ3v) is 1.86. The number of nitrogens with one attached hydrogen (secondary N) is 1. The van der Waals surface area contributed by atoms with Gasteiger partial charge in [0.1, 0.15) is 0 Å². The van der Waals surface area contributed by atoms with Crippen LogP contribution in [0.1, 0.15) is 5.56 Å². The van der Waals surface area contributed by atoms with Crippen LogP contribution >= 0.6 is 0 Å². The quantitative estimate of drug-likeness (QED) is 0.453. The molecule has 0 unspecified atom stereocenters. The average Bonchev–Trinajstić information content (AvgIpc) is 2.16. The van der Waals surface area contributed by atoms with E-state index in [9.17, 15) is 10.1 Å². The number of nitro groups is 1. The minimum absolute atomic E-state index is 0.138. The second-order valence-corrected chi connectivity index (χ2v) is 2.93. The lowest BCUT2D eigenvalue weighted by molar-refractivity contribution is -0.385. The Morgan fingerprint density at radius 2 is 2.36 bits per heavy atom. The molecule has 0 spiro atoms. The van der Waals surface area contributed by atoms with E-state index in [-0.39, 0.29) is 10.6 Å². The van der Waals surface area contributed by atoms with Crippen LogP contribution in [0.5, 0.6) is 0 Å². The Balaban J connectivity index is 2.94. The van der Waals surface area contributed by atoms with Crippen molar-refractivity contribution >= 4 is 11.4 Å². The maximum atomic E-state index is 10.6. The molecule has 0 aliphatic rings. The molecule has 1 aromatic rings. The molecule has 0 radical (unpaired) electrons. The van der Waals surface area contributed by atoms with Crippen molar-refractivity contribution in [2.75, 3.05) is 11.9 Å². The van der Waals surface area contributed by atoms with Gasteiger partial charge in [-0.1, -0.05) is 12.1 Å². The SMILES string of the molecule is C=CCNc1ccc(C)c([N+](=O)[O-])c1. The van der Waals surface area contributed by atoms with Gasteiger partial charge in [0.15, 0.2) is 0 Å². The first-order valence-corrected chi connectivity index (χ1v) is 4.25. The van der Waals surface area contributed by atoms with Gasteiger partial charge in [0.2, 0.25) is 0 Å². The van der Waals surface area contributed by atoms with Gasteiger partial charge in [0.25, 0.3) is 5.69 Å². The molecule has 0 bridgehead atoms. The first-order valence-electron chi connectivity index (χ1n) is 4.25. The van der Waals surface area contributed by atoms with Crippen LogP contribution in [0.2, 0.25) is 0 Å². The van der Waals surface area contributed by atoms with Crippen molar-refractivity contribution in [3.63, 3.8) is 0 Å². The summed E-state index contributed by atoms with van der Waals surface area (Å²) in [5.41, 5.74) is 1.54. The molecular formula is C10H12N2O2. The lowest BCUT2D eigenvalue weighted by Gasteiger charge is -2.03. The number of rotatable bonds is 4. The van der Waals surface area contributed by atoms with Gasteiger partial charge in [-0.3, -0.25) is 10.1 Å². The summed E-state index contributed by atoms with van der Waals surface area (Å²) in [5, 5.41) is 13.6. The molecular weight excluding hydrogens is 180 g/mol. The van der Waals surface area contributed by atoms with E-state index in [1.165, 1.54) is 6.07 Å². The number of benzene rings is 1. The fourth-order valence-electron chi connectivity index (χ4n) is 1.11. The van der Waals surface area contributed by atoms with Crippen LogP contribution in [-0.2, 0) is 0 Å². The fourth-order valence-corrected chi connectivity index (χ4v) is 1.11.